The Morgan fingerprint density at radius 3 is 2.57 bits per heavy atom. The first kappa shape index (κ1) is 7.60. The van der Waals surface area contributed by atoms with Crippen LogP contribution < -0.4 is 0 Å². The summed E-state index contributed by atoms with van der Waals surface area (Å²) >= 11 is -1.07. The summed E-state index contributed by atoms with van der Waals surface area (Å²) in [5.41, 5.74) is 0. The van der Waals surface area contributed by atoms with Gasteiger partial charge in [-0.25, -0.2) is 0 Å². The van der Waals surface area contributed by atoms with E-state index in [2.05, 4.69) is 6.92 Å². The zero-order valence-corrected chi connectivity index (χ0v) is 7.59. The molecule has 0 unspecified atom stereocenters. The summed E-state index contributed by atoms with van der Waals surface area (Å²) < 4.78 is 11.0. The van der Waals surface area contributed by atoms with E-state index in [-0.39, 0.29) is 0 Å². The molecule has 7 heavy (non-hydrogen) atoms. The minimum absolute atomic E-state index is 1.04. The van der Waals surface area contributed by atoms with E-state index in [1.54, 1.807) is 0 Å². The van der Waals surface area contributed by atoms with E-state index in [1.165, 1.54) is 19.3 Å². The third-order valence-corrected chi connectivity index (χ3v) is 2.47. The summed E-state index contributed by atoms with van der Waals surface area (Å²) in [4.78, 5) is 0. The Hall–Kier alpha value is 0.599. The van der Waals surface area contributed by atoms with Crippen molar-refractivity contribution in [1.82, 2.24) is 0 Å². The quantitative estimate of drug-likeness (QED) is 0.504. The molecule has 0 N–H and O–H groups in total. The molecule has 0 aliphatic heterocycles. The van der Waals surface area contributed by atoms with Crippen molar-refractivity contribution in [3.63, 3.8) is 0 Å². The van der Waals surface area contributed by atoms with Crippen LogP contribution in [0.2, 0.25) is 4.44 Å². The van der Waals surface area contributed by atoms with Crippen LogP contribution in [0.4, 0.5) is 0 Å². The van der Waals surface area contributed by atoms with Crippen molar-refractivity contribution in [3.8, 4) is 0 Å². The fraction of sp³-hybridized carbons (Fsp3) is 1.00. The normalized spacial score (nSPS) is 8.71. The van der Waals surface area contributed by atoms with Crippen molar-refractivity contribution < 1.29 is 3.08 Å². The molecule has 0 amide bonds. The van der Waals surface area contributed by atoms with Crippen molar-refractivity contribution in [1.29, 1.82) is 0 Å². The van der Waals surface area contributed by atoms with Gasteiger partial charge in [-0.3, -0.25) is 0 Å². The minimum atomic E-state index is -1.07. The molecular weight excluding hydrogens is 195 g/mol. The zero-order valence-electron chi connectivity index (χ0n) is 4.74. The maximum atomic E-state index is 9.97. The molecule has 0 aromatic rings. The summed E-state index contributed by atoms with van der Waals surface area (Å²) in [5.74, 6) is 0. The van der Waals surface area contributed by atoms with Gasteiger partial charge in [0.1, 0.15) is 0 Å². The second-order valence-electron chi connectivity index (χ2n) is 1.60. The molecular formula is C5H11OSn. The Balaban J connectivity index is 2.56. The van der Waals surface area contributed by atoms with Gasteiger partial charge in [0.05, 0.1) is 0 Å². The number of unbranched alkanes of at least 4 members (excludes halogenated alkanes) is 2. The van der Waals surface area contributed by atoms with Crippen molar-refractivity contribution >= 4 is 21.1 Å². The van der Waals surface area contributed by atoms with Crippen LogP contribution in [-0.4, -0.2) is 21.1 Å². The zero-order chi connectivity index (χ0) is 5.54. The summed E-state index contributed by atoms with van der Waals surface area (Å²) in [7, 11) is 0. The van der Waals surface area contributed by atoms with Crippen molar-refractivity contribution in [2.45, 2.75) is 30.6 Å². The van der Waals surface area contributed by atoms with Gasteiger partial charge in [-0.2, -0.15) is 0 Å². The van der Waals surface area contributed by atoms with Crippen LogP contribution in [0.3, 0.4) is 0 Å². The number of rotatable bonds is 4. The van der Waals surface area contributed by atoms with Crippen LogP contribution in [0.5, 0.6) is 0 Å². The van der Waals surface area contributed by atoms with Crippen LogP contribution >= 0.6 is 0 Å². The first-order valence-electron chi connectivity index (χ1n) is 2.76. The molecule has 0 atom stereocenters. The van der Waals surface area contributed by atoms with Crippen molar-refractivity contribution in [2.75, 3.05) is 0 Å². The molecule has 2 heteroatoms. The molecule has 0 aliphatic carbocycles. The molecule has 0 spiro atoms. The second kappa shape index (κ2) is 6.60. The Kier molecular flexibility index (Phi) is 7.16. The maximum absolute atomic E-state index is 9.97. The Bertz CT molecular complexity index is 45.3. The van der Waals surface area contributed by atoms with Gasteiger partial charge in [-0.05, 0) is 0 Å². The van der Waals surface area contributed by atoms with Gasteiger partial charge in [0.2, 0.25) is 0 Å². The third kappa shape index (κ3) is 6.60. The number of hydrogen-bond donors (Lipinski definition) is 0. The SMILES string of the molecule is CCCC[CH2][Sn]=[O]. The van der Waals surface area contributed by atoms with Crippen LogP contribution in [0.15, 0.2) is 0 Å². The van der Waals surface area contributed by atoms with Crippen LogP contribution in [0.25, 0.3) is 0 Å². The average molecular weight is 206 g/mol. The first-order valence-corrected chi connectivity index (χ1v) is 5.95. The fourth-order valence-electron chi connectivity index (χ4n) is 0.447. The molecule has 0 aromatic heterocycles. The molecule has 0 fully saturated rings. The van der Waals surface area contributed by atoms with E-state index in [9.17, 15) is 3.08 Å². The summed E-state index contributed by atoms with van der Waals surface area (Å²) in [6.07, 6.45) is 3.72. The second-order valence-corrected chi connectivity index (χ2v) is 3.85. The molecule has 1 radical (unpaired) electrons. The van der Waals surface area contributed by atoms with E-state index in [4.69, 9.17) is 0 Å². The Morgan fingerprint density at radius 1 is 1.43 bits per heavy atom. The molecule has 1 nitrogen and oxygen atoms in total. The van der Waals surface area contributed by atoms with Gasteiger partial charge in [-0.15, -0.1) is 0 Å². The van der Waals surface area contributed by atoms with Gasteiger partial charge >= 0.3 is 54.8 Å². The van der Waals surface area contributed by atoms with E-state index in [0.717, 1.165) is 4.44 Å². The van der Waals surface area contributed by atoms with Crippen LogP contribution in [-0.2, 0) is 3.08 Å². The van der Waals surface area contributed by atoms with Crippen molar-refractivity contribution in [3.05, 3.63) is 0 Å². The summed E-state index contributed by atoms with van der Waals surface area (Å²) in [5, 5.41) is 0. The van der Waals surface area contributed by atoms with Gasteiger partial charge < -0.3 is 0 Å². The standard InChI is InChI=1S/C5H11.O.Sn/c1-3-5-4-2;;/h1,3-5H2,2H3;;. The molecule has 0 rings (SSSR count). The summed E-state index contributed by atoms with van der Waals surface area (Å²) in [6.45, 7) is 2.16. The predicted octanol–water partition coefficient (Wildman–Crippen LogP) is 1.64. The fourth-order valence-corrected chi connectivity index (χ4v) is 1.57. The van der Waals surface area contributed by atoms with Crippen LogP contribution in [0.1, 0.15) is 26.2 Å². The van der Waals surface area contributed by atoms with E-state index in [1.807, 2.05) is 0 Å². The number of hydrogen-bond acceptors (Lipinski definition) is 1. The van der Waals surface area contributed by atoms with E-state index in [0.29, 0.717) is 0 Å². The Morgan fingerprint density at radius 2 is 2.14 bits per heavy atom. The van der Waals surface area contributed by atoms with Crippen LogP contribution in [0, 0.1) is 0 Å². The topological polar surface area (TPSA) is 17.1 Å². The van der Waals surface area contributed by atoms with E-state index >= 15 is 0 Å². The van der Waals surface area contributed by atoms with Crippen molar-refractivity contribution in [2.24, 2.45) is 0 Å². The monoisotopic (exact) mass is 207 g/mol. The average Bonchev–Trinajstić information content (AvgIpc) is 1.69. The van der Waals surface area contributed by atoms with Gasteiger partial charge in [0.25, 0.3) is 0 Å². The van der Waals surface area contributed by atoms with Gasteiger partial charge in [0.15, 0.2) is 0 Å². The molecule has 41 valence electrons. The third-order valence-electron chi connectivity index (χ3n) is 0.882. The Labute approximate surface area is 55.1 Å². The molecule has 0 saturated carbocycles. The molecule has 0 saturated heterocycles. The molecule has 0 bridgehead atoms. The molecule has 0 aliphatic rings. The summed E-state index contributed by atoms with van der Waals surface area (Å²) in [6, 6.07) is 0. The van der Waals surface area contributed by atoms with Gasteiger partial charge in [0, 0.05) is 0 Å². The molecule has 0 aromatic carbocycles. The predicted molar refractivity (Wildman–Crippen MR) is 30.8 cm³/mol. The van der Waals surface area contributed by atoms with E-state index < -0.39 is 21.1 Å². The first-order chi connectivity index (χ1) is 3.41. The van der Waals surface area contributed by atoms with Gasteiger partial charge in [-0.1, -0.05) is 0 Å². The molecule has 0 heterocycles.